The van der Waals surface area contributed by atoms with Gasteiger partial charge in [0.05, 0.1) is 10.5 Å². The molecule has 2 heterocycles. The van der Waals surface area contributed by atoms with E-state index in [2.05, 4.69) is 34.3 Å². The van der Waals surface area contributed by atoms with Crippen molar-refractivity contribution < 1.29 is 9.18 Å². The number of carbonyl (C=O) groups excluding carboxylic acids is 1. The topological polar surface area (TPSA) is 82.2 Å². The van der Waals surface area contributed by atoms with E-state index in [1.165, 1.54) is 18.2 Å². The molecule has 0 bridgehead atoms. The lowest BCUT2D eigenvalue weighted by molar-refractivity contribution is 0.101. The summed E-state index contributed by atoms with van der Waals surface area (Å²) >= 11 is 0. The van der Waals surface area contributed by atoms with Crippen LogP contribution >= 0.6 is 0 Å². The van der Waals surface area contributed by atoms with E-state index in [1.54, 1.807) is 24.7 Å². The number of aromatic nitrogens is 1. The molecule has 3 rings (SSSR count). The predicted molar refractivity (Wildman–Crippen MR) is 109 cm³/mol. The molecule has 0 aliphatic carbocycles. The van der Waals surface area contributed by atoms with Crippen molar-refractivity contribution >= 4 is 28.5 Å². The lowest BCUT2D eigenvalue weighted by Gasteiger charge is -2.18. The molecule has 1 aliphatic rings. The highest BCUT2D eigenvalue weighted by Crippen LogP contribution is 2.27. The average molecular weight is 399 g/mol. The number of fused-ring (bicyclic) bond motifs is 1. The van der Waals surface area contributed by atoms with Gasteiger partial charge in [-0.15, -0.1) is 0 Å². The second-order valence-corrected chi connectivity index (χ2v) is 8.45. The molecule has 146 valence electrons. The first-order valence-electron chi connectivity index (χ1n) is 8.84. The van der Waals surface area contributed by atoms with Gasteiger partial charge < -0.3 is 9.88 Å². The Kier molecular flexibility index (Phi) is 5.77. The molecule has 1 aromatic carbocycles. The summed E-state index contributed by atoms with van der Waals surface area (Å²) in [5.41, 5.74) is 1.56. The number of rotatable bonds is 3. The van der Waals surface area contributed by atoms with E-state index >= 15 is 0 Å². The Bertz CT molecular complexity index is 1030. The molecule has 6 nitrogen and oxygen atoms in total. The SMILES string of the molecule is CN=S1NC(C(C)C)C=Cc2c1cn(C)c2C(=O)Nc1ccc(F)c(C#N)c1. The monoisotopic (exact) mass is 399 g/mol. The van der Waals surface area contributed by atoms with Crippen molar-refractivity contribution in [2.24, 2.45) is 17.3 Å². The maximum atomic E-state index is 13.5. The molecule has 0 fully saturated rings. The fourth-order valence-corrected chi connectivity index (χ4v) is 4.70. The molecule has 0 radical (unpaired) electrons. The molecule has 0 saturated carbocycles. The van der Waals surface area contributed by atoms with Gasteiger partial charge >= 0.3 is 0 Å². The van der Waals surface area contributed by atoms with E-state index in [9.17, 15) is 9.18 Å². The van der Waals surface area contributed by atoms with Gasteiger partial charge in [0.1, 0.15) is 17.6 Å². The standard InChI is InChI=1S/C20H22FN5OS/c1-12(2)17-8-6-15-18(28(23-3)25-17)11-26(4)19(15)20(27)24-14-5-7-16(21)13(9-14)10-22/h5-9,11-12,17H,1-4H3,(H,23,25)(H,24,27). The van der Waals surface area contributed by atoms with E-state index in [0.717, 1.165) is 10.5 Å². The Morgan fingerprint density at radius 1 is 1.46 bits per heavy atom. The van der Waals surface area contributed by atoms with Crippen molar-refractivity contribution in [3.8, 4) is 6.07 Å². The zero-order chi connectivity index (χ0) is 20.4. The Balaban J connectivity index is 2.00. The summed E-state index contributed by atoms with van der Waals surface area (Å²) in [5, 5.41) is 11.8. The Morgan fingerprint density at radius 2 is 2.21 bits per heavy atom. The predicted octanol–water partition coefficient (Wildman–Crippen LogP) is 3.63. The summed E-state index contributed by atoms with van der Waals surface area (Å²) in [4.78, 5) is 13.9. The normalized spacial score (nSPS) is 18.6. The zero-order valence-electron chi connectivity index (χ0n) is 16.2. The number of hydrogen-bond donors (Lipinski definition) is 2. The van der Waals surface area contributed by atoms with Crippen LogP contribution in [-0.4, -0.2) is 23.6 Å². The van der Waals surface area contributed by atoms with Gasteiger partial charge in [0, 0.05) is 48.5 Å². The van der Waals surface area contributed by atoms with Crippen LogP contribution in [-0.2, 0) is 17.9 Å². The summed E-state index contributed by atoms with van der Waals surface area (Å²) in [6.07, 6.45) is 5.93. The first-order chi connectivity index (χ1) is 13.3. The van der Waals surface area contributed by atoms with Crippen LogP contribution in [0.4, 0.5) is 10.1 Å². The van der Waals surface area contributed by atoms with Crippen LogP contribution in [0.3, 0.4) is 0 Å². The minimum atomic E-state index is -0.615. The Labute approximate surface area is 166 Å². The minimum absolute atomic E-state index is 0.112. The first-order valence-corrected chi connectivity index (χ1v) is 10.0. The third kappa shape index (κ3) is 3.77. The molecule has 2 unspecified atom stereocenters. The molecule has 0 spiro atoms. The van der Waals surface area contributed by atoms with E-state index in [-0.39, 0.29) is 17.5 Å². The van der Waals surface area contributed by atoms with Crippen LogP contribution in [0.1, 0.15) is 35.5 Å². The number of hydrogen-bond acceptors (Lipinski definition) is 3. The van der Waals surface area contributed by atoms with E-state index in [4.69, 9.17) is 5.26 Å². The molecule has 1 aromatic heterocycles. The number of anilines is 1. The van der Waals surface area contributed by atoms with Crippen molar-refractivity contribution in [3.63, 3.8) is 0 Å². The summed E-state index contributed by atoms with van der Waals surface area (Å²) in [6, 6.07) is 5.86. The molecule has 1 aliphatic heterocycles. The van der Waals surface area contributed by atoms with Crippen molar-refractivity contribution in [2.45, 2.75) is 24.8 Å². The van der Waals surface area contributed by atoms with Gasteiger partial charge in [-0.25, -0.2) is 13.5 Å². The summed E-state index contributed by atoms with van der Waals surface area (Å²) in [7, 11) is 3.03. The van der Waals surface area contributed by atoms with Crippen LogP contribution in [0.15, 0.2) is 39.7 Å². The molecule has 0 saturated heterocycles. The maximum absolute atomic E-state index is 13.5. The highest BCUT2D eigenvalue weighted by molar-refractivity contribution is 7.85. The number of carbonyl (C=O) groups is 1. The van der Waals surface area contributed by atoms with Gasteiger partial charge in [-0.05, 0) is 24.1 Å². The van der Waals surface area contributed by atoms with Crippen molar-refractivity contribution in [1.82, 2.24) is 9.29 Å². The second-order valence-electron chi connectivity index (χ2n) is 6.84. The van der Waals surface area contributed by atoms with E-state index in [1.807, 2.05) is 12.3 Å². The maximum Gasteiger partial charge on any atom is 0.272 e. The van der Waals surface area contributed by atoms with E-state index in [0.29, 0.717) is 17.3 Å². The summed E-state index contributed by atoms with van der Waals surface area (Å²) < 4.78 is 23.3. The highest BCUT2D eigenvalue weighted by atomic mass is 32.2. The number of halogens is 1. The molecular formula is C20H22FN5OS. The van der Waals surface area contributed by atoms with E-state index < -0.39 is 16.7 Å². The molecule has 1 amide bonds. The van der Waals surface area contributed by atoms with Crippen LogP contribution in [0.5, 0.6) is 0 Å². The average Bonchev–Trinajstić information content (AvgIpc) is 2.88. The lowest BCUT2D eigenvalue weighted by atomic mass is 10.0. The molecule has 2 atom stereocenters. The zero-order valence-corrected chi connectivity index (χ0v) is 17.0. The van der Waals surface area contributed by atoms with Crippen LogP contribution < -0.4 is 10.0 Å². The molecule has 8 heteroatoms. The van der Waals surface area contributed by atoms with Gasteiger partial charge in [-0.3, -0.25) is 4.79 Å². The quantitative estimate of drug-likeness (QED) is 0.827. The van der Waals surface area contributed by atoms with Crippen molar-refractivity contribution in [1.29, 1.82) is 5.26 Å². The minimum Gasteiger partial charge on any atom is -0.345 e. The van der Waals surface area contributed by atoms with Gasteiger partial charge in [-0.1, -0.05) is 26.0 Å². The largest absolute Gasteiger partial charge is 0.345 e. The van der Waals surface area contributed by atoms with Gasteiger partial charge in [0.2, 0.25) is 0 Å². The molecule has 2 aromatic rings. The number of nitrogens with zero attached hydrogens (tertiary/aromatic N) is 3. The third-order valence-electron chi connectivity index (χ3n) is 4.57. The van der Waals surface area contributed by atoms with Crippen molar-refractivity contribution in [3.05, 3.63) is 53.1 Å². The number of nitriles is 1. The molecule has 2 N–H and O–H groups in total. The van der Waals surface area contributed by atoms with Crippen LogP contribution in [0.25, 0.3) is 6.08 Å². The number of amides is 1. The van der Waals surface area contributed by atoms with Crippen LogP contribution in [0.2, 0.25) is 0 Å². The fourth-order valence-electron chi connectivity index (χ4n) is 3.03. The first kappa shape index (κ1) is 20.0. The Hall–Kier alpha value is -2.76. The number of benzene rings is 1. The number of aryl methyl sites for hydroxylation is 1. The summed E-state index contributed by atoms with van der Waals surface area (Å²) in [6.45, 7) is 4.26. The smallest absolute Gasteiger partial charge is 0.272 e. The fraction of sp³-hybridized carbons (Fsp3) is 0.300. The summed E-state index contributed by atoms with van der Waals surface area (Å²) in [5.74, 6) is -0.561. The van der Waals surface area contributed by atoms with Gasteiger partial charge in [0.25, 0.3) is 5.91 Å². The van der Waals surface area contributed by atoms with Crippen LogP contribution in [0, 0.1) is 23.1 Å². The van der Waals surface area contributed by atoms with Gasteiger partial charge in [0.15, 0.2) is 0 Å². The van der Waals surface area contributed by atoms with Crippen molar-refractivity contribution in [2.75, 3.05) is 12.4 Å². The molecule has 28 heavy (non-hydrogen) atoms. The van der Waals surface area contributed by atoms with Gasteiger partial charge in [-0.2, -0.15) is 5.26 Å². The Morgan fingerprint density at radius 3 is 2.86 bits per heavy atom. The highest BCUT2D eigenvalue weighted by Gasteiger charge is 2.25. The lowest BCUT2D eigenvalue weighted by Crippen LogP contribution is -2.32. The third-order valence-corrected chi connectivity index (χ3v) is 6.17. The molecular weight excluding hydrogens is 377 g/mol. The number of nitrogens with one attached hydrogen (secondary N) is 2. The second kappa shape index (κ2) is 8.09.